The number of carbonyl (C=O) groups excluding carboxylic acids is 1. The van der Waals surface area contributed by atoms with Crippen LogP contribution in [-0.2, 0) is 17.8 Å². The van der Waals surface area contributed by atoms with Crippen molar-refractivity contribution in [2.45, 2.75) is 65.1 Å². The molecule has 0 bridgehead atoms. The van der Waals surface area contributed by atoms with Crippen molar-refractivity contribution in [3.63, 3.8) is 0 Å². The molecule has 0 radical (unpaired) electrons. The molecule has 2 aliphatic heterocycles. The van der Waals surface area contributed by atoms with Gasteiger partial charge < -0.3 is 15.3 Å². The average molecular weight is 550 g/mol. The molecule has 0 aliphatic carbocycles. The second kappa shape index (κ2) is 11.8. The molecule has 2 saturated heterocycles. The summed E-state index contributed by atoms with van der Waals surface area (Å²) in [5.74, 6) is -0.422. The first kappa shape index (κ1) is 29.3. The van der Waals surface area contributed by atoms with Crippen LogP contribution < -0.4 is 5.32 Å². The maximum Gasteiger partial charge on any atom is 0.407 e. The third-order valence-corrected chi connectivity index (χ3v) is 8.70. The molecule has 1 atom stereocenters. The molecule has 2 fully saturated rings. The number of rotatable bonds is 6. The second-order valence-corrected chi connectivity index (χ2v) is 12.3. The molecule has 4 rings (SSSR count). The molecule has 214 valence electrons. The zero-order valence-corrected chi connectivity index (χ0v) is 23.9. The van der Waals surface area contributed by atoms with Crippen molar-refractivity contribution >= 4 is 17.7 Å². The zero-order chi connectivity index (χ0) is 29.1. The maximum atomic E-state index is 13.6. The van der Waals surface area contributed by atoms with Crippen molar-refractivity contribution < 1.29 is 19.1 Å². The number of piperidine rings is 1. The van der Waals surface area contributed by atoms with Crippen LogP contribution in [0.2, 0.25) is 0 Å². The highest BCUT2D eigenvalue weighted by Gasteiger charge is 2.48. The lowest BCUT2D eigenvalue weighted by molar-refractivity contribution is -0.131. The molecule has 0 spiro atoms. The van der Waals surface area contributed by atoms with Crippen LogP contribution in [-0.4, -0.2) is 76.1 Å². The highest BCUT2D eigenvalue weighted by Crippen LogP contribution is 2.38. The summed E-state index contributed by atoms with van der Waals surface area (Å²) in [6, 6.07) is 14.6. The van der Waals surface area contributed by atoms with Gasteiger partial charge in [-0.2, -0.15) is 5.26 Å². The Kier molecular flexibility index (Phi) is 8.69. The number of halogens is 1. The standard InChI is InChI=1S/C31H40FN5O3/c1-30(2,3)31(4)21-35(15-16-37(31)29(39)40)20-23-7-5-22(6-8-23)17-28(38)36-13-11-25(12-14-36)34-26-9-10-27(32)24(18-26)19-33/h5-10,18,25,34H,11-17,20-21H2,1-4H3,(H,39,40)/t31-/m1/s1. The highest BCUT2D eigenvalue weighted by molar-refractivity contribution is 5.79. The Morgan fingerprint density at radius 3 is 2.33 bits per heavy atom. The van der Waals surface area contributed by atoms with Crippen LogP contribution in [0.4, 0.5) is 14.9 Å². The van der Waals surface area contributed by atoms with Gasteiger partial charge in [0.1, 0.15) is 11.9 Å². The van der Waals surface area contributed by atoms with Crippen molar-refractivity contribution in [3.8, 4) is 6.07 Å². The third kappa shape index (κ3) is 6.56. The van der Waals surface area contributed by atoms with Crippen molar-refractivity contribution in [3.05, 3.63) is 65.0 Å². The summed E-state index contributed by atoms with van der Waals surface area (Å²) in [6.45, 7) is 12.2. The molecule has 2 aliphatic rings. The Bertz CT molecular complexity index is 1260. The Balaban J connectivity index is 1.27. The van der Waals surface area contributed by atoms with E-state index in [1.807, 2.05) is 30.0 Å². The van der Waals surface area contributed by atoms with Crippen molar-refractivity contribution in [1.29, 1.82) is 5.26 Å². The van der Waals surface area contributed by atoms with Gasteiger partial charge in [0.15, 0.2) is 0 Å². The van der Waals surface area contributed by atoms with Gasteiger partial charge in [0.25, 0.3) is 0 Å². The number of carboxylic acid groups (broad SMARTS) is 1. The molecule has 40 heavy (non-hydrogen) atoms. The number of anilines is 1. The summed E-state index contributed by atoms with van der Waals surface area (Å²) < 4.78 is 13.6. The fourth-order valence-electron chi connectivity index (χ4n) is 5.69. The van der Waals surface area contributed by atoms with Crippen LogP contribution in [0.15, 0.2) is 42.5 Å². The molecule has 2 heterocycles. The predicted octanol–water partition coefficient (Wildman–Crippen LogP) is 4.94. The van der Waals surface area contributed by atoms with Crippen LogP contribution in [0.3, 0.4) is 0 Å². The van der Waals surface area contributed by atoms with Crippen LogP contribution in [0.5, 0.6) is 0 Å². The number of nitriles is 1. The van der Waals surface area contributed by atoms with E-state index in [-0.39, 0.29) is 22.9 Å². The SMILES string of the molecule is CC(C)(C)[C@@]1(C)CN(Cc2ccc(CC(=O)N3CCC(Nc4ccc(F)c(C#N)c4)CC3)cc2)CCN1C(=O)O. The molecule has 2 N–H and O–H groups in total. The van der Waals surface area contributed by atoms with E-state index < -0.39 is 17.4 Å². The van der Waals surface area contributed by atoms with Gasteiger partial charge in [0, 0.05) is 51.0 Å². The zero-order valence-electron chi connectivity index (χ0n) is 23.9. The molecule has 2 amide bonds. The smallest absolute Gasteiger partial charge is 0.407 e. The molecule has 2 aromatic rings. The number of likely N-dealkylation sites (tertiary alicyclic amines) is 1. The van der Waals surface area contributed by atoms with Gasteiger partial charge >= 0.3 is 6.09 Å². The minimum absolute atomic E-state index is 0.0211. The summed E-state index contributed by atoms with van der Waals surface area (Å²) in [7, 11) is 0. The summed E-state index contributed by atoms with van der Waals surface area (Å²) in [5, 5.41) is 22.2. The lowest BCUT2D eigenvalue weighted by Gasteiger charge is -2.54. The normalized spacial score (nSPS) is 20.7. The van der Waals surface area contributed by atoms with Gasteiger partial charge in [0.05, 0.1) is 17.5 Å². The van der Waals surface area contributed by atoms with E-state index in [2.05, 4.69) is 43.1 Å². The molecule has 0 aromatic heterocycles. The molecular weight excluding hydrogens is 509 g/mol. The number of nitrogens with one attached hydrogen (secondary N) is 1. The number of piperazine rings is 1. The van der Waals surface area contributed by atoms with Crippen molar-refractivity contribution in [2.24, 2.45) is 5.41 Å². The summed E-state index contributed by atoms with van der Waals surface area (Å²) in [6.07, 6.45) is 1.05. The monoisotopic (exact) mass is 549 g/mol. The molecule has 0 unspecified atom stereocenters. The Labute approximate surface area is 236 Å². The Morgan fingerprint density at radius 2 is 1.73 bits per heavy atom. The van der Waals surface area contributed by atoms with Crippen LogP contribution in [0, 0.1) is 22.6 Å². The van der Waals surface area contributed by atoms with Gasteiger partial charge in [-0.1, -0.05) is 45.0 Å². The molecular formula is C31H40FN5O3. The lowest BCUT2D eigenvalue weighted by atomic mass is 9.72. The fraction of sp³-hybridized carbons (Fsp3) is 0.516. The fourth-order valence-corrected chi connectivity index (χ4v) is 5.69. The average Bonchev–Trinajstić information content (AvgIpc) is 2.90. The topological polar surface area (TPSA) is 99.9 Å². The van der Waals surface area contributed by atoms with E-state index in [1.165, 1.54) is 12.1 Å². The van der Waals surface area contributed by atoms with E-state index in [0.717, 1.165) is 36.2 Å². The van der Waals surface area contributed by atoms with Gasteiger partial charge in [0.2, 0.25) is 5.91 Å². The quantitative estimate of drug-likeness (QED) is 0.529. The van der Waals surface area contributed by atoms with E-state index in [4.69, 9.17) is 5.26 Å². The Morgan fingerprint density at radius 1 is 1.07 bits per heavy atom. The van der Waals surface area contributed by atoms with Gasteiger partial charge in [-0.05, 0) is 54.5 Å². The third-order valence-electron chi connectivity index (χ3n) is 8.70. The minimum Gasteiger partial charge on any atom is -0.465 e. The first-order valence-electron chi connectivity index (χ1n) is 13.9. The van der Waals surface area contributed by atoms with Gasteiger partial charge in [-0.3, -0.25) is 14.6 Å². The van der Waals surface area contributed by atoms with E-state index in [1.54, 1.807) is 11.0 Å². The van der Waals surface area contributed by atoms with E-state index in [0.29, 0.717) is 39.1 Å². The highest BCUT2D eigenvalue weighted by atomic mass is 19.1. The van der Waals surface area contributed by atoms with E-state index >= 15 is 0 Å². The largest absolute Gasteiger partial charge is 0.465 e. The predicted molar refractivity (Wildman–Crippen MR) is 152 cm³/mol. The minimum atomic E-state index is -0.867. The number of nitrogens with zero attached hydrogens (tertiary/aromatic N) is 4. The van der Waals surface area contributed by atoms with Crippen LogP contribution in [0.25, 0.3) is 0 Å². The van der Waals surface area contributed by atoms with Crippen LogP contribution >= 0.6 is 0 Å². The van der Waals surface area contributed by atoms with Crippen LogP contribution in [0.1, 0.15) is 57.2 Å². The summed E-state index contributed by atoms with van der Waals surface area (Å²) >= 11 is 0. The first-order chi connectivity index (χ1) is 18.9. The van der Waals surface area contributed by atoms with E-state index in [9.17, 15) is 19.1 Å². The number of amides is 2. The number of hydrogen-bond donors (Lipinski definition) is 2. The van der Waals surface area contributed by atoms with Gasteiger partial charge in [-0.15, -0.1) is 0 Å². The van der Waals surface area contributed by atoms with Crippen molar-refractivity contribution in [2.75, 3.05) is 38.0 Å². The lowest BCUT2D eigenvalue weighted by Crippen LogP contribution is -2.67. The number of hydrogen-bond acceptors (Lipinski definition) is 5. The van der Waals surface area contributed by atoms with Crippen molar-refractivity contribution in [1.82, 2.24) is 14.7 Å². The molecule has 9 heteroatoms. The first-order valence-corrected chi connectivity index (χ1v) is 13.9. The summed E-state index contributed by atoms with van der Waals surface area (Å²) in [4.78, 5) is 30.7. The Hall–Kier alpha value is -3.64. The van der Waals surface area contributed by atoms with Gasteiger partial charge in [-0.25, -0.2) is 9.18 Å². The summed E-state index contributed by atoms with van der Waals surface area (Å²) in [5.41, 5.74) is 2.15. The molecule has 8 nitrogen and oxygen atoms in total. The molecule has 0 saturated carbocycles. The second-order valence-electron chi connectivity index (χ2n) is 12.3. The maximum absolute atomic E-state index is 13.6. The molecule has 2 aromatic carbocycles. The number of carbonyl (C=O) groups is 2. The number of benzene rings is 2.